The molecule has 2 aromatic heterocycles. The smallest absolute Gasteiger partial charge is 0.272 e. The molecule has 0 atom stereocenters. The quantitative estimate of drug-likeness (QED) is 0.498. The van der Waals surface area contributed by atoms with Gasteiger partial charge in [0.05, 0.1) is 18.5 Å². The zero-order valence-corrected chi connectivity index (χ0v) is 16.2. The molecule has 0 radical (unpaired) electrons. The molecule has 0 bridgehead atoms. The van der Waals surface area contributed by atoms with Crippen LogP contribution in [0.15, 0.2) is 35.5 Å². The first-order valence-corrected chi connectivity index (χ1v) is 10.3. The Labute approximate surface area is 162 Å². The van der Waals surface area contributed by atoms with Crippen molar-refractivity contribution in [1.29, 1.82) is 0 Å². The monoisotopic (exact) mass is 382 g/mol. The molecule has 0 aliphatic heterocycles. The van der Waals surface area contributed by atoms with Crippen molar-refractivity contribution in [2.75, 3.05) is 18.7 Å². The van der Waals surface area contributed by atoms with Gasteiger partial charge in [-0.1, -0.05) is 36.7 Å². The zero-order valence-electron chi connectivity index (χ0n) is 15.4. The van der Waals surface area contributed by atoms with Gasteiger partial charge < -0.3 is 15.0 Å². The molecule has 1 amide bonds. The van der Waals surface area contributed by atoms with Crippen molar-refractivity contribution in [1.82, 2.24) is 15.0 Å². The number of para-hydroxylation sites is 2. The minimum atomic E-state index is -0.222. The molecule has 4 rings (SSSR count). The molecule has 1 aliphatic carbocycles. The number of hydrogen-bond donors (Lipinski definition) is 2. The Morgan fingerprint density at radius 3 is 2.78 bits per heavy atom. The van der Waals surface area contributed by atoms with Gasteiger partial charge in [0.1, 0.15) is 17.1 Å². The van der Waals surface area contributed by atoms with E-state index in [0.29, 0.717) is 23.0 Å². The number of H-pyrrole nitrogens is 1. The SMILES string of the molecule is COc1ccccc1NC(=O)c1cc2c(C3CCCC3)nc(SC)nc2[nH]1. The van der Waals surface area contributed by atoms with E-state index in [9.17, 15) is 4.79 Å². The zero-order chi connectivity index (χ0) is 18.8. The molecule has 0 spiro atoms. The third-order valence-electron chi connectivity index (χ3n) is 5.02. The van der Waals surface area contributed by atoms with E-state index < -0.39 is 0 Å². The predicted octanol–water partition coefficient (Wildman–Crippen LogP) is 4.60. The van der Waals surface area contributed by atoms with Crippen LogP contribution in [0, 0.1) is 0 Å². The second kappa shape index (κ2) is 7.60. The highest BCUT2D eigenvalue weighted by molar-refractivity contribution is 7.98. The molecular formula is C20H22N4O2S. The van der Waals surface area contributed by atoms with Crippen molar-refractivity contribution in [3.05, 3.63) is 41.7 Å². The first kappa shape index (κ1) is 17.9. The normalized spacial score (nSPS) is 14.6. The number of hydrogen-bond acceptors (Lipinski definition) is 5. The van der Waals surface area contributed by atoms with Crippen LogP contribution in [0.1, 0.15) is 47.8 Å². The van der Waals surface area contributed by atoms with Gasteiger partial charge >= 0.3 is 0 Å². The molecule has 1 aliphatic rings. The van der Waals surface area contributed by atoms with Gasteiger partial charge in [0, 0.05) is 11.3 Å². The van der Waals surface area contributed by atoms with Crippen molar-refractivity contribution in [3.63, 3.8) is 0 Å². The molecule has 1 fully saturated rings. The fourth-order valence-electron chi connectivity index (χ4n) is 3.67. The molecule has 2 N–H and O–H groups in total. The summed E-state index contributed by atoms with van der Waals surface area (Å²) in [5.41, 5.74) is 2.90. The number of rotatable bonds is 5. The van der Waals surface area contributed by atoms with Crippen LogP contribution in [0.3, 0.4) is 0 Å². The number of ether oxygens (including phenoxy) is 1. The summed E-state index contributed by atoms with van der Waals surface area (Å²) < 4.78 is 5.31. The standard InChI is InChI=1S/C20H22N4O2S/c1-26-16-10-6-5-9-14(16)22-19(25)15-11-13-17(12-7-3-4-8-12)23-20(27-2)24-18(13)21-15/h5-6,9-12H,3-4,7-8H2,1-2H3,(H,22,25)(H,21,23,24). The minimum Gasteiger partial charge on any atom is -0.495 e. The lowest BCUT2D eigenvalue weighted by atomic mass is 10.0. The van der Waals surface area contributed by atoms with Crippen LogP contribution >= 0.6 is 11.8 Å². The third kappa shape index (κ3) is 3.51. The van der Waals surface area contributed by atoms with Gasteiger partial charge in [-0.2, -0.15) is 0 Å². The largest absolute Gasteiger partial charge is 0.495 e. The molecule has 140 valence electrons. The van der Waals surface area contributed by atoms with E-state index >= 15 is 0 Å². The highest BCUT2D eigenvalue weighted by atomic mass is 32.2. The minimum absolute atomic E-state index is 0.222. The fourth-order valence-corrected chi connectivity index (χ4v) is 4.04. The first-order valence-electron chi connectivity index (χ1n) is 9.08. The lowest BCUT2D eigenvalue weighted by molar-refractivity contribution is 0.102. The van der Waals surface area contributed by atoms with E-state index in [4.69, 9.17) is 9.72 Å². The molecule has 27 heavy (non-hydrogen) atoms. The summed E-state index contributed by atoms with van der Waals surface area (Å²) in [6.45, 7) is 0. The Morgan fingerprint density at radius 2 is 2.04 bits per heavy atom. The highest BCUT2D eigenvalue weighted by Gasteiger charge is 2.24. The molecule has 2 heterocycles. The summed E-state index contributed by atoms with van der Waals surface area (Å²) in [5.74, 6) is 0.848. The lowest BCUT2D eigenvalue weighted by Gasteiger charge is -2.10. The van der Waals surface area contributed by atoms with E-state index in [0.717, 1.165) is 34.7 Å². The molecule has 7 heteroatoms. The molecule has 0 saturated heterocycles. The summed E-state index contributed by atoms with van der Waals surface area (Å²) in [5, 5.41) is 4.60. The lowest BCUT2D eigenvalue weighted by Crippen LogP contribution is -2.12. The molecular weight excluding hydrogens is 360 g/mol. The number of aromatic nitrogens is 3. The topological polar surface area (TPSA) is 79.9 Å². The third-order valence-corrected chi connectivity index (χ3v) is 5.57. The number of anilines is 1. The number of benzene rings is 1. The van der Waals surface area contributed by atoms with Crippen molar-refractivity contribution in [3.8, 4) is 5.75 Å². The van der Waals surface area contributed by atoms with Crippen LogP contribution in [0.5, 0.6) is 5.75 Å². The maximum absolute atomic E-state index is 12.8. The Bertz CT molecular complexity index is 979. The van der Waals surface area contributed by atoms with Crippen molar-refractivity contribution in [2.24, 2.45) is 0 Å². The van der Waals surface area contributed by atoms with Crippen LogP contribution < -0.4 is 10.1 Å². The fraction of sp³-hybridized carbons (Fsp3) is 0.350. The second-order valence-electron chi connectivity index (χ2n) is 6.68. The number of amides is 1. The number of thioether (sulfide) groups is 1. The summed E-state index contributed by atoms with van der Waals surface area (Å²) in [4.78, 5) is 25.3. The van der Waals surface area contributed by atoms with E-state index in [2.05, 4.69) is 15.3 Å². The van der Waals surface area contributed by atoms with E-state index in [-0.39, 0.29) is 5.91 Å². The van der Waals surface area contributed by atoms with Gasteiger partial charge in [0.15, 0.2) is 5.16 Å². The summed E-state index contributed by atoms with van der Waals surface area (Å²) >= 11 is 1.52. The van der Waals surface area contributed by atoms with Gasteiger partial charge in [-0.15, -0.1) is 0 Å². The van der Waals surface area contributed by atoms with Gasteiger partial charge in [-0.3, -0.25) is 4.79 Å². The Morgan fingerprint density at radius 1 is 1.26 bits per heavy atom. The number of fused-ring (bicyclic) bond motifs is 1. The van der Waals surface area contributed by atoms with Crippen molar-refractivity contribution in [2.45, 2.75) is 36.8 Å². The van der Waals surface area contributed by atoms with Crippen LogP contribution in [0.2, 0.25) is 0 Å². The van der Waals surface area contributed by atoms with Crippen molar-refractivity contribution < 1.29 is 9.53 Å². The Kier molecular flexibility index (Phi) is 5.03. The number of carbonyl (C=O) groups is 1. The average molecular weight is 382 g/mol. The van der Waals surface area contributed by atoms with Gasteiger partial charge in [-0.05, 0) is 37.3 Å². The molecule has 1 saturated carbocycles. The van der Waals surface area contributed by atoms with Gasteiger partial charge in [0.25, 0.3) is 5.91 Å². The molecule has 6 nitrogen and oxygen atoms in total. The summed E-state index contributed by atoms with van der Waals surface area (Å²) in [7, 11) is 1.58. The van der Waals surface area contributed by atoms with Crippen LogP contribution in [0.4, 0.5) is 5.69 Å². The average Bonchev–Trinajstić information content (AvgIpc) is 3.37. The second-order valence-corrected chi connectivity index (χ2v) is 7.45. The number of nitrogens with one attached hydrogen (secondary N) is 2. The maximum Gasteiger partial charge on any atom is 0.272 e. The maximum atomic E-state index is 12.8. The van der Waals surface area contributed by atoms with Crippen molar-refractivity contribution >= 4 is 34.4 Å². The highest BCUT2D eigenvalue weighted by Crippen LogP contribution is 2.37. The number of methoxy groups -OCH3 is 1. The Hall–Kier alpha value is -2.54. The summed E-state index contributed by atoms with van der Waals surface area (Å²) in [6.07, 6.45) is 6.73. The van der Waals surface area contributed by atoms with Crippen LogP contribution in [0.25, 0.3) is 11.0 Å². The molecule has 3 aromatic rings. The van der Waals surface area contributed by atoms with E-state index in [1.165, 1.54) is 24.6 Å². The Balaban J connectivity index is 1.70. The van der Waals surface area contributed by atoms with E-state index in [1.54, 1.807) is 7.11 Å². The number of nitrogens with zero attached hydrogens (tertiary/aromatic N) is 2. The molecule has 0 unspecified atom stereocenters. The van der Waals surface area contributed by atoms with Gasteiger partial charge in [0.2, 0.25) is 0 Å². The predicted molar refractivity (Wildman–Crippen MR) is 108 cm³/mol. The summed E-state index contributed by atoms with van der Waals surface area (Å²) in [6, 6.07) is 9.23. The first-order chi connectivity index (χ1) is 13.2. The molecule has 1 aromatic carbocycles. The van der Waals surface area contributed by atoms with Crippen LogP contribution in [-0.2, 0) is 0 Å². The van der Waals surface area contributed by atoms with E-state index in [1.807, 2.05) is 36.6 Å². The van der Waals surface area contributed by atoms with Crippen LogP contribution in [-0.4, -0.2) is 34.2 Å². The van der Waals surface area contributed by atoms with Gasteiger partial charge in [-0.25, -0.2) is 9.97 Å². The number of aromatic amines is 1. The number of carbonyl (C=O) groups excluding carboxylic acids is 1.